The van der Waals surface area contributed by atoms with Crippen molar-refractivity contribution in [2.24, 2.45) is 0 Å². The van der Waals surface area contributed by atoms with Crippen molar-refractivity contribution < 1.29 is 19.1 Å². The number of fused-ring (bicyclic) bond motifs is 1. The van der Waals surface area contributed by atoms with E-state index in [1.165, 1.54) is 12.0 Å². The quantitative estimate of drug-likeness (QED) is 0.415. The van der Waals surface area contributed by atoms with Gasteiger partial charge in [0.15, 0.2) is 0 Å². The number of aryl methyl sites for hydroxylation is 1. The molecule has 0 atom stereocenters. The van der Waals surface area contributed by atoms with Gasteiger partial charge in [-0.2, -0.15) is 5.10 Å². The molecule has 0 radical (unpaired) electrons. The molecule has 158 valence electrons. The second kappa shape index (κ2) is 8.95. The number of nitrogens with zero attached hydrogens (tertiary/aromatic N) is 3. The van der Waals surface area contributed by atoms with Gasteiger partial charge >= 0.3 is 5.97 Å². The van der Waals surface area contributed by atoms with E-state index >= 15 is 0 Å². The average molecular weight is 417 g/mol. The van der Waals surface area contributed by atoms with E-state index in [9.17, 15) is 14.4 Å². The Kier molecular flexibility index (Phi) is 5.93. The Morgan fingerprint density at radius 2 is 1.71 bits per heavy atom. The van der Waals surface area contributed by atoms with E-state index in [4.69, 9.17) is 4.74 Å². The second-order valence-electron chi connectivity index (χ2n) is 7.48. The van der Waals surface area contributed by atoms with Gasteiger partial charge < -0.3 is 4.74 Å². The topological polar surface area (TPSA) is 81.5 Å². The van der Waals surface area contributed by atoms with Crippen molar-refractivity contribution in [2.75, 3.05) is 7.11 Å². The fraction of sp³-hybridized carbons (Fsp3) is 0.250. The van der Waals surface area contributed by atoms with Gasteiger partial charge in [-0.1, -0.05) is 30.3 Å². The van der Waals surface area contributed by atoms with Crippen molar-refractivity contribution in [3.8, 4) is 0 Å². The van der Waals surface area contributed by atoms with Crippen LogP contribution in [-0.4, -0.2) is 39.6 Å². The first-order chi connectivity index (χ1) is 15.1. The van der Waals surface area contributed by atoms with Crippen molar-refractivity contribution in [2.45, 2.75) is 32.4 Å². The summed E-state index contributed by atoms with van der Waals surface area (Å²) in [5, 5.41) is 4.24. The lowest BCUT2D eigenvalue weighted by atomic mass is 9.98. The molecule has 1 aromatic heterocycles. The van der Waals surface area contributed by atoms with Gasteiger partial charge in [0.05, 0.1) is 31.3 Å². The lowest BCUT2D eigenvalue weighted by Gasteiger charge is -2.18. The highest BCUT2D eigenvalue weighted by atomic mass is 16.5. The van der Waals surface area contributed by atoms with Crippen LogP contribution in [0.15, 0.2) is 60.9 Å². The number of hydrogen-bond donors (Lipinski definition) is 0. The Bertz CT molecular complexity index is 1090. The molecule has 2 heterocycles. The molecule has 2 aromatic carbocycles. The summed E-state index contributed by atoms with van der Waals surface area (Å²) in [6.45, 7) is 0.775. The van der Waals surface area contributed by atoms with Crippen LogP contribution in [0, 0.1) is 0 Å². The summed E-state index contributed by atoms with van der Waals surface area (Å²) in [4.78, 5) is 38.4. The number of benzene rings is 2. The van der Waals surface area contributed by atoms with Gasteiger partial charge in [0.2, 0.25) is 0 Å². The lowest BCUT2D eigenvalue weighted by molar-refractivity contribution is -0.140. The van der Waals surface area contributed by atoms with Gasteiger partial charge in [-0.25, -0.2) is 0 Å². The molecular formula is C24H23N3O4. The van der Waals surface area contributed by atoms with E-state index in [1.54, 1.807) is 30.5 Å². The van der Waals surface area contributed by atoms with Crippen LogP contribution < -0.4 is 0 Å². The van der Waals surface area contributed by atoms with Crippen LogP contribution in [0.2, 0.25) is 0 Å². The van der Waals surface area contributed by atoms with E-state index in [0.29, 0.717) is 36.9 Å². The van der Waals surface area contributed by atoms with Crippen LogP contribution >= 0.6 is 0 Å². The van der Waals surface area contributed by atoms with Crippen LogP contribution in [-0.2, 0) is 29.0 Å². The summed E-state index contributed by atoms with van der Waals surface area (Å²) in [5.41, 5.74) is 3.79. The maximum Gasteiger partial charge on any atom is 0.305 e. The molecule has 0 unspecified atom stereocenters. The number of amides is 2. The minimum absolute atomic E-state index is 0.187. The molecule has 7 nitrogen and oxygen atoms in total. The van der Waals surface area contributed by atoms with E-state index in [0.717, 1.165) is 16.7 Å². The molecule has 2 amide bonds. The van der Waals surface area contributed by atoms with Crippen LogP contribution in [0.4, 0.5) is 0 Å². The van der Waals surface area contributed by atoms with E-state index < -0.39 is 0 Å². The molecule has 1 aliphatic heterocycles. The molecular weight excluding hydrogens is 394 g/mol. The molecule has 7 heteroatoms. The molecule has 1 aliphatic rings. The number of rotatable bonds is 8. The maximum absolute atomic E-state index is 12.8. The zero-order chi connectivity index (χ0) is 21.8. The summed E-state index contributed by atoms with van der Waals surface area (Å²) < 4.78 is 6.54. The molecule has 0 aliphatic carbocycles. The SMILES string of the molecule is COC(=O)CCCc1ccc(Cn2cccn2)cc1CN1C(=O)c2ccccc2C1=O. The predicted molar refractivity (Wildman–Crippen MR) is 113 cm³/mol. The predicted octanol–water partition coefficient (Wildman–Crippen LogP) is 3.22. The van der Waals surface area contributed by atoms with Crippen molar-refractivity contribution in [3.05, 3.63) is 88.7 Å². The Morgan fingerprint density at radius 3 is 2.35 bits per heavy atom. The van der Waals surface area contributed by atoms with Crippen molar-refractivity contribution >= 4 is 17.8 Å². The van der Waals surface area contributed by atoms with E-state index in [-0.39, 0.29) is 24.3 Å². The van der Waals surface area contributed by atoms with Gasteiger partial charge in [0.1, 0.15) is 0 Å². The number of carbonyl (C=O) groups excluding carboxylic acids is 3. The molecule has 0 bridgehead atoms. The smallest absolute Gasteiger partial charge is 0.305 e. The molecule has 3 aromatic rings. The van der Waals surface area contributed by atoms with Crippen molar-refractivity contribution in [1.82, 2.24) is 14.7 Å². The Balaban J connectivity index is 1.59. The number of aromatic nitrogens is 2. The lowest BCUT2D eigenvalue weighted by Crippen LogP contribution is -2.29. The highest BCUT2D eigenvalue weighted by Crippen LogP contribution is 2.26. The first kappa shape index (κ1) is 20.5. The van der Waals surface area contributed by atoms with E-state index in [2.05, 4.69) is 5.10 Å². The summed E-state index contributed by atoms with van der Waals surface area (Å²) in [6.07, 6.45) is 5.20. The molecule has 0 saturated heterocycles. The van der Waals surface area contributed by atoms with Crippen molar-refractivity contribution in [1.29, 1.82) is 0 Å². The van der Waals surface area contributed by atoms with Gasteiger partial charge in [-0.3, -0.25) is 24.0 Å². The molecule has 0 spiro atoms. The average Bonchev–Trinajstić information content (AvgIpc) is 3.38. The van der Waals surface area contributed by atoms with Crippen LogP contribution in [0.3, 0.4) is 0 Å². The second-order valence-corrected chi connectivity index (χ2v) is 7.48. The highest BCUT2D eigenvalue weighted by molar-refractivity contribution is 6.21. The standard InChI is InChI=1S/C24H23N3O4/c1-31-22(28)9-4-6-18-11-10-17(15-26-13-5-12-25-26)14-19(18)16-27-23(29)20-7-2-3-8-21(20)24(27)30/h2-3,5,7-8,10-14H,4,6,9,15-16H2,1H3. The number of carbonyl (C=O) groups is 3. The molecule has 31 heavy (non-hydrogen) atoms. The maximum atomic E-state index is 12.8. The first-order valence-electron chi connectivity index (χ1n) is 10.2. The van der Waals surface area contributed by atoms with Crippen LogP contribution in [0.1, 0.15) is 50.2 Å². The van der Waals surface area contributed by atoms with E-state index in [1.807, 2.05) is 35.1 Å². The largest absolute Gasteiger partial charge is 0.469 e. The molecule has 0 saturated carbocycles. The van der Waals surface area contributed by atoms with Gasteiger partial charge in [-0.15, -0.1) is 0 Å². The summed E-state index contributed by atoms with van der Waals surface area (Å²) in [6, 6.07) is 14.8. The Labute approximate surface area is 180 Å². The van der Waals surface area contributed by atoms with Crippen LogP contribution in [0.5, 0.6) is 0 Å². The first-order valence-corrected chi connectivity index (χ1v) is 10.2. The van der Waals surface area contributed by atoms with Crippen LogP contribution in [0.25, 0.3) is 0 Å². The normalized spacial score (nSPS) is 12.9. The minimum Gasteiger partial charge on any atom is -0.469 e. The third kappa shape index (κ3) is 4.40. The summed E-state index contributed by atoms with van der Waals surface area (Å²) in [7, 11) is 1.38. The zero-order valence-electron chi connectivity index (χ0n) is 17.3. The fourth-order valence-electron chi connectivity index (χ4n) is 3.83. The zero-order valence-corrected chi connectivity index (χ0v) is 17.3. The third-order valence-electron chi connectivity index (χ3n) is 5.44. The summed E-state index contributed by atoms with van der Waals surface area (Å²) >= 11 is 0. The Hall–Kier alpha value is -3.74. The number of esters is 1. The Morgan fingerprint density at radius 1 is 0.968 bits per heavy atom. The number of methoxy groups -OCH3 is 1. The summed E-state index contributed by atoms with van der Waals surface area (Å²) in [5.74, 6) is -0.811. The van der Waals surface area contributed by atoms with Crippen molar-refractivity contribution in [3.63, 3.8) is 0 Å². The van der Waals surface area contributed by atoms with Gasteiger partial charge in [-0.05, 0) is 47.7 Å². The van der Waals surface area contributed by atoms with Gasteiger partial charge in [0.25, 0.3) is 11.8 Å². The number of imide groups is 1. The third-order valence-corrected chi connectivity index (χ3v) is 5.44. The number of hydrogen-bond acceptors (Lipinski definition) is 5. The fourth-order valence-corrected chi connectivity index (χ4v) is 3.83. The minimum atomic E-state index is -0.279. The molecule has 0 N–H and O–H groups in total. The molecule has 4 rings (SSSR count). The number of ether oxygens (including phenoxy) is 1. The monoisotopic (exact) mass is 417 g/mol. The molecule has 0 fully saturated rings. The highest BCUT2D eigenvalue weighted by Gasteiger charge is 2.35. The van der Waals surface area contributed by atoms with Gasteiger partial charge in [0, 0.05) is 18.8 Å².